The Labute approximate surface area is 235 Å². The molecule has 0 amide bonds. The Hall–Kier alpha value is -4.21. The summed E-state index contributed by atoms with van der Waals surface area (Å²) in [7, 11) is 0. The van der Waals surface area contributed by atoms with Crippen molar-refractivity contribution in [3.63, 3.8) is 0 Å². The summed E-state index contributed by atoms with van der Waals surface area (Å²) < 4.78 is 0.939. The molecule has 0 radical (unpaired) electrons. The van der Waals surface area contributed by atoms with Crippen LogP contribution in [0.2, 0.25) is 10.0 Å². The van der Waals surface area contributed by atoms with Crippen molar-refractivity contribution in [2.24, 2.45) is 16.9 Å². The molecule has 0 aliphatic carbocycles. The van der Waals surface area contributed by atoms with Crippen molar-refractivity contribution < 1.29 is 19.4 Å². The number of hydrogen-bond acceptors (Lipinski definition) is 5. The fourth-order valence-electron chi connectivity index (χ4n) is 5.79. The molecule has 4 atom stereocenters. The minimum absolute atomic E-state index is 0.221. The van der Waals surface area contributed by atoms with Crippen LogP contribution in [0.25, 0.3) is 0 Å². The smallest absolute Gasteiger partial charge is 0.464 e. The largest absolute Gasteiger partial charge is 0.481 e. The van der Waals surface area contributed by atoms with E-state index in [0.29, 0.717) is 34.3 Å². The highest BCUT2D eigenvalue weighted by Gasteiger charge is 2.47. The lowest BCUT2D eigenvalue weighted by molar-refractivity contribution is -0.454. The molecule has 3 aromatic carbocycles. The van der Waals surface area contributed by atoms with E-state index in [0.717, 1.165) is 21.5 Å². The number of carboxylic acid groups (broad SMARTS) is 1. The first-order valence-electron chi connectivity index (χ1n) is 12.3. The minimum Gasteiger partial charge on any atom is -0.481 e. The summed E-state index contributed by atoms with van der Waals surface area (Å²) in [6.07, 6.45) is 4.45. The molecular formula is C30H23Cl2N4O3+. The Kier molecular flexibility index (Phi) is 7.63. The molecule has 1 N–H and O–H groups in total. The van der Waals surface area contributed by atoms with E-state index in [1.165, 1.54) is 12.4 Å². The number of carbonyl (C=O) groups is 1. The molecule has 4 unspecified atom stereocenters. The zero-order chi connectivity index (χ0) is 27.5. The summed E-state index contributed by atoms with van der Waals surface area (Å²) in [6.45, 7) is 0.866. The number of halogens is 2. The van der Waals surface area contributed by atoms with Crippen molar-refractivity contribution in [3.8, 4) is 6.07 Å². The maximum atomic E-state index is 13.0. The lowest BCUT2D eigenvalue weighted by Gasteiger charge is -2.47. The standard InChI is InChI=1S/C30H22Cl2N4O3/c31-22-11-9-19(10-12-22)24-16-35(27-8-4-3-7-26(27)32)17-25(29(24)23-6-2-1-5-20(23)13-33)28(30(38)39)21-14-34-36(15-21)18-37/h1-12,14-15,24-25,28-29H,16-17H2/p+1. The highest BCUT2D eigenvalue weighted by atomic mass is 35.5. The van der Waals surface area contributed by atoms with Crippen molar-refractivity contribution in [1.82, 2.24) is 0 Å². The van der Waals surface area contributed by atoms with Crippen molar-refractivity contribution in [2.75, 3.05) is 18.0 Å². The van der Waals surface area contributed by atoms with Crippen LogP contribution in [0.4, 0.5) is 5.69 Å². The highest BCUT2D eigenvalue weighted by molar-refractivity contribution is 6.33. The summed E-state index contributed by atoms with van der Waals surface area (Å²) in [4.78, 5) is 26.3. The first-order chi connectivity index (χ1) is 18.9. The molecular weight excluding hydrogens is 535 g/mol. The second-order valence-corrected chi connectivity index (χ2v) is 10.4. The van der Waals surface area contributed by atoms with E-state index in [9.17, 15) is 20.0 Å². The third-order valence-corrected chi connectivity index (χ3v) is 8.00. The quantitative estimate of drug-likeness (QED) is 0.305. The van der Waals surface area contributed by atoms with Crippen LogP contribution in [0, 0.1) is 23.2 Å². The molecule has 2 aliphatic rings. The molecule has 3 aromatic rings. The van der Waals surface area contributed by atoms with Crippen LogP contribution in [-0.2, 0) is 9.59 Å². The number of hydrogen-bond donors (Lipinski definition) is 1. The van der Waals surface area contributed by atoms with Gasteiger partial charge in [-0.2, -0.15) is 10.1 Å². The molecule has 194 valence electrons. The van der Waals surface area contributed by atoms with E-state index in [2.05, 4.69) is 16.1 Å². The van der Waals surface area contributed by atoms with Gasteiger partial charge >= 0.3 is 12.0 Å². The molecule has 39 heavy (non-hydrogen) atoms. The van der Waals surface area contributed by atoms with E-state index in [1.807, 2.05) is 54.6 Å². The van der Waals surface area contributed by atoms with E-state index >= 15 is 0 Å². The van der Waals surface area contributed by atoms with Crippen molar-refractivity contribution >= 4 is 47.2 Å². The molecule has 1 saturated heterocycles. The van der Waals surface area contributed by atoms with Crippen LogP contribution < -0.4 is 4.90 Å². The van der Waals surface area contributed by atoms with Gasteiger partial charge in [-0.25, -0.2) is 0 Å². The number of isocyanates is 1. The highest BCUT2D eigenvalue weighted by Crippen LogP contribution is 2.49. The van der Waals surface area contributed by atoms with Crippen LogP contribution in [0.3, 0.4) is 0 Å². The van der Waals surface area contributed by atoms with Gasteiger partial charge in [-0.15, -0.1) is 0 Å². The number of benzene rings is 3. The SMILES string of the molecule is N#Cc1ccccc1C1C(c2ccc(Cl)cc2)CN(c2ccccc2Cl)CC1C(C(=O)O)C1=C[N+](=C=O)N=C1. The van der Waals surface area contributed by atoms with Crippen molar-refractivity contribution in [3.05, 3.63) is 111 Å². The monoisotopic (exact) mass is 557 g/mol. The number of carboxylic acids is 1. The number of nitrogens with zero attached hydrogens (tertiary/aromatic N) is 4. The topological polar surface area (TPSA) is 96.8 Å². The van der Waals surface area contributed by atoms with Crippen molar-refractivity contribution in [1.29, 1.82) is 5.26 Å². The van der Waals surface area contributed by atoms with Crippen LogP contribution in [0.5, 0.6) is 0 Å². The maximum Gasteiger partial charge on any atom is 0.464 e. The van der Waals surface area contributed by atoms with Gasteiger partial charge < -0.3 is 10.0 Å². The van der Waals surface area contributed by atoms with Gasteiger partial charge in [0, 0.05) is 39.7 Å². The number of nitriles is 1. The van der Waals surface area contributed by atoms with Crippen LogP contribution in [0.1, 0.15) is 28.5 Å². The number of hydrazone groups is 1. The second-order valence-electron chi connectivity index (χ2n) is 9.53. The lowest BCUT2D eigenvalue weighted by Crippen LogP contribution is -2.49. The molecule has 0 aromatic heterocycles. The zero-order valence-electron chi connectivity index (χ0n) is 20.6. The number of para-hydroxylation sites is 1. The first-order valence-corrected chi connectivity index (χ1v) is 13.1. The summed E-state index contributed by atoms with van der Waals surface area (Å²) in [5.41, 5.74) is 3.38. The average Bonchev–Trinajstić information content (AvgIpc) is 3.42. The zero-order valence-corrected chi connectivity index (χ0v) is 22.1. The number of rotatable bonds is 6. The Morgan fingerprint density at radius 3 is 2.44 bits per heavy atom. The Morgan fingerprint density at radius 2 is 1.77 bits per heavy atom. The Morgan fingerprint density at radius 1 is 1.05 bits per heavy atom. The third-order valence-electron chi connectivity index (χ3n) is 7.42. The molecule has 2 aliphatic heterocycles. The molecule has 0 bridgehead atoms. The Bertz CT molecular complexity index is 1570. The number of anilines is 1. The minimum atomic E-state index is -1.05. The fraction of sp³-hybridized carbons (Fsp3) is 0.200. The van der Waals surface area contributed by atoms with Crippen LogP contribution >= 0.6 is 23.2 Å². The Balaban J connectivity index is 1.74. The molecule has 5 rings (SSSR count). The summed E-state index contributed by atoms with van der Waals surface area (Å²) in [5.74, 6) is -3.22. The molecule has 9 heteroatoms. The summed E-state index contributed by atoms with van der Waals surface area (Å²) in [6, 6.07) is 24.6. The third kappa shape index (κ3) is 5.23. The average molecular weight is 558 g/mol. The van der Waals surface area contributed by atoms with Gasteiger partial charge in [-0.3, -0.25) is 4.79 Å². The van der Waals surface area contributed by atoms with Crippen LogP contribution in [-0.4, -0.2) is 41.1 Å². The van der Waals surface area contributed by atoms with E-state index in [-0.39, 0.29) is 11.8 Å². The van der Waals surface area contributed by atoms with Gasteiger partial charge in [0.2, 0.25) is 6.20 Å². The van der Waals surface area contributed by atoms with Gasteiger partial charge in [-0.05, 0) is 47.4 Å². The molecule has 0 saturated carbocycles. The van der Waals surface area contributed by atoms with Crippen molar-refractivity contribution in [2.45, 2.75) is 11.8 Å². The number of piperidine rings is 1. The van der Waals surface area contributed by atoms with Gasteiger partial charge in [0.1, 0.15) is 6.21 Å². The van der Waals surface area contributed by atoms with E-state index < -0.39 is 17.8 Å². The van der Waals surface area contributed by atoms with Gasteiger partial charge in [0.25, 0.3) is 0 Å². The fourth-order valence-corrected chi connectivity index (χ4v) is 6.17. The number of carbonyl (C=O) groups excluding carboxylic acids is 1. The lowest BCUT2D eigenvalue weighted by atomic mass is 9.64. The summed E-state index contributed by atoms with van der Waals surface area (Å²) >= 11 is 12.9. The van der Waals surface area contributed by atoms with E-state index in [1.54, 1.807) is 24.3 Å². The molecule has 7 nitrogen and oxygen atoms in total. The first kappa shape index (κ1) is 26.4. The molecule has 1 fully saturated rings. The van der Waals surface area contributed by atoms with Gasteiger partial charge in [-0.1, -0.05) is 65.7 Å². The predicted octanol–water partition coefficient (Wildman–Crippen LogP) is 5.80. The second kappa shape index (κ2) is 11.3. The summed E-state index contributed by atoms with van der Waals surface area (Å²) in [5, 5.41) is 25.7. The van der Waals surface area contributed by atoms with Crippen LogP contribution in [0.15, 0.2) is 89.7 Å². The van der Waals surface area contributed by atoms with E-state index in [4.69, 9.17) is 23.2 Å². The van der Waals surface area contributed by atoms with Gasteiger partial charge in [0.05, 0.1) is 33.8 Å². The normalized spacial score (nSPS) is 21.2. The number of aliphatic carboxylic acids is 1. The van der Waals surface area contributed by atoms with Gasteiger partial charge in [0.15, 0.2) is 0 Å². The maximum absolute atomic E-state index is 13.0. The molecule has 2 heterocycles. The molecule has 0 spiro atoms. The predicted molar refractivity (Wildman–Crippen MR) is 149 cm³/mol.